The van der Waals surface area contributed by atoms with Gasteiger partial charge < -0.3 is 19.5 Å². The Balaban J connectivity index is 1.70. The smallest absolute Gasteiger partial charge is 0.231 e. The summed E-state index contributed by atoms with van der Waals surface area (Å²) in [6.07, 6.45) is 2.31. The van der Waals surface area contributed by atoms with E-state index >= 15 is 0 Å². The quantitative estimate of drug-likeness (QED) is 0.744. The molecule has 19 heavy (non-hydrogen) atoms. The van der Waals surface area contributed by atoms with Crippen LogP contribution in [0, 0.1) is 0 Å². The lowest BCUT2D eigenvalue weighted by atomic mass is 10.2. The van der Waals surface area contributed by atoms with E-state index in [1.807, 2.05) is 6.07 Å². The summed E-state index contributed by atoms with van der Waals surface area (Å²) < 4.78 is 17.2. The van der Waals surface area contributed by atoms with Crippen LogP contribution < -0.4 is 14.8 Å². The zero-order valence-electron chi connectivity index (χ0n) is 11.2. The fraction of sp³-hybridized carbons (Fsp3) is 0.571. The maximum Gasteiger partial charge on any atom is 0.231 e. The Morgan fingerprint density at radius 3 is 3.05 bits per heavy atom. The summed E-state index contributed by atoms with van der Waals surface area (Å²) in [7, 11) is 0. The van der Waals surface area contributed by atoms with Crippen LogP contribution in [0.3, 0.4) is 0 Å². The van der Waals surface area contributed by atoms with E-state index in [9.17, 15) is 0 Å². The van der Waals surface area contributed by atoms with Crippen LogP contribution in [-0.4, -0.2) is 26.6 Å². The van der Waals surface area contributed by atoms with Crippen molar-refractivity contribution in [2.45, 2.75) is 26.3 Å². The molecule has 1 aliphatic heterocycles. The number of fused-ring (bicyclic) bond motifs is 1. The minimum atomic E-state index is 0.302. The first-order chi connectivity index (χ1) is 9.31. The molecule has 0 atom stereocenters. The molecular weight excluding hydrogens is 310 g/mol. The Kier molecular flexibility index (Phi) is 5.94. The number of ether oxygens (including phenoxy) is 3. The van der Waals surface area contributed by atoms with Crippen molar-refractivity contribution in [3.8, 4) is 11.5 Å². The summed E-state index contributed by atoms with van der Waals surface area (Å²) in [6.45, 7) is 5.73. The molecule has 4 nitrogen and oxygen atoms in total. The normalized spacial score (nSPS) is 12.9. The third-order valence-corrected chi connectivity index (χ3v) is 3.47. The standard InChI is InChI=1S/C14H20BrNO3/c1-2-3-5-17-6-4-16-9-11-7-12(15)14-13(8-11)18-10-19-14/h7-8,16H,2-6,9-10H2,1H3. The van der Waals surface area contributed by atoms with E-state index in [0.717, 1.165) is 48.7 Å². The Labute approximate surface area is 122 Å². The number of nitrogens with one attached hydrogen (secondary N) is 1. The van der Waals surface area contributed by atoms with Crippen LogP contribution in [0.1, 0.15) is 25.3 Å². The van der Waals surface area contributed by atoms with Gasteiger partial charge in [-0.1, -0.05) is 13.3 Å². The average molecular weight is 330 g/mol. The first kappa shape index (κ1) is 14.6. The number of hydrogen-bond donors (Lipinski definition) is 1. The molecule has 0 bridgehead atoms. The van der Waals surface area contributed by atoms with Gasteiger partial charge in [0.25, 0.3) is 0 Å². The first-order valence-corrected chi connectivity index (χ1v) is 7.47. The van der Waals surface area contributed by atoms with Gasteiger partial charge in [-0.15, -0.1) is 0 Å². The summed E-state index contributed by atoms with van der Waals surface area (Å²) in [5.74, 6) is 1.61. The van der Waals surface area contributed by atoms with Gasteiger partial charge in [-0.3, -0.25) is 0 Å². The molecule has 1 N–H and O–H groups in total. The molecule has 0 amide bonds. The second-order valence-electron chi connectivity index (χ2n) is 4.45. The number of halogens is 1. The van der Waals surface area contributed by atoms with Gasteiger partial charge in [0.05, 0.1) is 11.1 Å². The van der Waals surface area contributed by atoms with Gasteiger partial charge in [0, 0.05) is 19.7 Å². The van der Waals surface area contributed by atoms with Crippen LogP contribution in [0.5, 0.6) is 11.5 Å². The van der Waals surface area contributed by atoms with E-state index in [-0.39, 0.29) is 0 Å². The summed E-state index contributed by atoms with van der Waals surface area (Å²) >= 11 is 3.49. The van der Waals surface area contributed by atoms with Crippen LogP contribution in [0.4, 0.5) is 0 Å². The topological polar surface area (TPSA) is 39.7 Å². The van der Waals surface area contributed by atoms with Crippen LogP contribution in [-0.2, 0) is 11.3 Å². The lowest BCUT2D eigenvalue weighted by molar-refractivity contribution is 0.133. The molecule has 0 radical (unpaired) electrons. The minimum absolute atomic E-state index is 0.302. The predicted molar refractivity (Wildman–Crippen MR) is 77.7 cm³/mol. The van der Waals surface area contributed by atoms with Gasteiger partial charge in [0.15, 0.2) is 11.5 Å². The van der Waals surface area contributed by atoms with Crippen LogP contribution in [0.15, 0.2) is 16.6 Å². The zero-order valence-corrected chi connectivity index (χ0v) is 12.8. The van der Waals surface area contributed by atoms with Crippen molar-refractivity contribution in [3.05, 3.63) is 22.2 Å². The number of benzene rings is 1. The number of unbranched alkanes of at least 4 members (excludes halogenated alkanes) is 1. The van der Waals surface area contributed by atoms with Crippen molar-refractivity contribution < 1.29 is 14.2 Å². The van der Waals surface area contributed by atoms with Gasteiger partial charge >= 0.3 is 0 Å². The van der Waals surface area contributed by atoms with Crippen molar-refractivity contribution in [2.75, 3.05) is 26.6 Å². The maximum absolute atomic E-state index is 5.49. The molecule has 0 saturated carbocycles. The highest BCUT2D eigenvalue weighted by atomic mass is 79.9. The highest BCUT2D eigenvalue weighted by Crippen LogP contribution is 2.39. The fourth-order valence-electron chi connectivity index (χ4n) is 1.85. The van der Waals surface area contributed by atoms with Gasteiger partial charge in [-0.25, -0.2) is 0 Å². The van der Waals surface area contributed by atoms with Crippen LogP contribution in [0.25, 0.3) is 0 Å². The Morgan fingerprint density at radius 2 is 2.21 bits per heavy atom. The van der Waals surface area contributed by atoms with Crippen LogP contribution >= 0.6 is 15.9 Å². The van der Waals surface area contributed by atoms with E-state index < -0.39 is 0 Å². The maximum atomic E-state index is 5.49. The Morgan fingerprint density at radius 1 is 1.32 bits per heavy atom. The Hall–Kier alpha value is -0.780. The molecule has 1 aliphatic rings. The molecule has 0 fully saturated rings. The highest BCUT2D eigenvalue weighted by molar-refractivity contribution is 9.10. The number of hydrogen-bond acceptors (Lipinski definition) is 4. The molecule has 1 aromatic carbocycles. The van der Waals surface area contributed by atoms with Gasteiger partial charge in [0.2, 0.25) is 6.79 Å². The molecule has 0 saturated heterocycles. The van der Waals surface area contributed by atoms with Crippen molar-refractivity contribution in [1.82, 2.24) is 5.32 Å². The molecule has 0 unspecified atom stereocenters. The van der Waals surface area contributed by atoms with Gasteiger partial charge in [-0.05, 0) is 40.0 Å². The SMILES string of the molecule is CCCCOCCNCc1cc(Br)c2c(c1)OCO2. The molecule has 106 valence electrons. The van der Waals surface area contributed by atoms with Crippen molar-refractivity contribution in [3.63, 3.8) is 0 Å². The summed E-state index contributed by atoms with van der Waals surface area (Å²) in [5.41, 5.74) is 1.17. The monoisotopic (exact) mass is 329 g/mol. The molecule has 1 aromatic rings. The molecular formula is C14H20BrNO3. The Bertz CT molecular complexity index is 412. The predicted octanol–water partition coefficient (Wildman–Crippen LogP) is 3.08. The van der Waals surface area contributed by atoms with E-state index in [1.165, 1.54) is 12.0 Å². The molecule has 0 spiro atoms. The summed E-state index contributed by atoms with van der Waals surface area (Å²) in [4.78, 5) is 0. The molecule has 5 heteroatoms. The average Bonchev–Trinajstić information content (AvgIpc) is 2.86. The third kappa shape index (κ3) is 4.37. The first-order valence-electron chi connectivity index (χ1n) is 6.67. The van der Waals surface area contributed by atoms with E-state index in [4.69, 9.17) is 14.2 Å². The van der Waals surface area contributed by atoms with Crippen LogP contribution in [0.2, 0.25) is 0 Å². The second kappa shape index (κ2) is 7.72. The molecule has 0 aromatic heterocycles. The fourth-order valence-corrected chi connectivity index (χ4v) is 2.45. The summed E-state index contributed by atoms with van der Waals surface area (Å²) in [5, 5.41) is 3.35. The molecule has 0 aliphatic carbocycles. The third-order valence-electron chi connectivity index (χ3n) is 2.88. The lowest BCUT2D eigenvalue weighted by Crippen LogP contribution is -2.19. The lowest BCUT2D eigenvalue weighted by Gasteiger charge is -2.08. The molecule has 2 rings (SSSR count). The van der Waals surface area contributed by atoms with E-state index in [1.54, 1.807) is 0 Å². The van der Waals surface area contributed by atoms with Gasteiger partial charge in [0.1, 0.15) is 0 Å². The second-order valence-corrected chi connectivity index (χ2v) is 5.31. The zero-order chi connectivity index (χ0) is 13.5. The summed E-state index contributed by atoms with van der Waals surface area (Å²) in [6, 6.07) is 4.07. The van der Waals surface area contributed by atoms with E-state index in [0.29, 0.717) is 6.79 Å². The van der Waals surface area contributed by atoms with Crippen molar-refractivity contribution in [2.24, 2.45) is 0 Å². The van der Waals surface area contributed by atoms with Crippen molar-refractivity contribution in [1.29, 1.82) is 0 Å². The van der Waals surface area contributed by atoms with Gasteiger partial charge in [-0.2, -0.15) is 0 Å². The largest absolute Gasteiger partial charge is 0.454 e. The minimum Gasteiger partial charge on any atom is -0.454 e. The van der Waals surface area contributed by atoms with Crippen molar-refractivity contribution >= 4 is 15.9 Å². The highest BCUT2D eigenvalue weighted by Gasteiger charge is 2.17. The molecule has 1 heterocycles. The van der Waals surface area contributed by atoms with E-state index in [2.05, 4.69) is 34.2 Å². The number of rotatable bonds is 8.